The van der Waals surface area contributed by atoms with Gasteiger partial charge in [0.15, 0.2) is 0 Å². The van der Waals surface area contributed by atoms with Gasteiger partial charge in [0, 0.05) is 18.1 Å². The molecule has 0 bridgehead atoms. The van der Waals surface area contributed by atoms with E-state index in [-0.39, 0.29) is 19.7 Å². The van der Waals surface area contributed by atoms with Crippen LogP contribution in [-0.2, 0) is 16.1 Å². The third-order valence-corrected chi connectivity index (χ3v) is 3.86. The van der Waals surface area contributed by atoms with Crippen LogP contribution in [0.1, 0.15) is 0 Å². The van der Waals surface area contributed by atoms with Crippen LogP contribution in [0.5, 0.6) is 0 Å². The minimum Gasteiger partial charge on any atom is -0.383 e. The molecular formula is C15H16BrF2N3O3. The second-order valence-corrected chi connectivity index (χ2v) is 5.98. The largest absolute Gasteiger partial charge is 0.383 e. The maximum absolute atomic E-state index is 12.6. The van der Waals surface area contributed by atoms with Gasteiger partial charge in [-0.3, -0.25) is 14.2 Å². The van der Waals surface area contributed by atoms with Crippen molar-refractivity contribution in [3.8, 4) is 0 Å². The molecule has 1 aromatic heterocycles. The van der Waals surface area contributed by atoms with Crippen molar-refractivity contribution < 1.29 is 18.3 Å². The number of halogens is 3. The smallest absolute Gasteiger partial charge is 0.261 e. The van der Waals surface area contributed by atoms with E-state index in [2.05, 4.69) is 20.9 Å². The highest BCUT2D eigenvalue weighted by molar-refractivity contribution is 9.10. The maximum atomic E-state index is 12.6. The molecular weight excluding hydrogens is 388 g/mol. The van der Waals surface area contributed by atoms with Gasteiger partial charge in [-0.15, -0.1) is 0 Å². The first kappa shape index (κ1) is 18.5. The number of hydrogen-bond acceptors (Lipinski definition) is 4. The van der Waals surface area contributed by atoms with E-state index < -0.39 is 24.4 Å². The highest BCUT2D eigenvalue weighted by atomic mass is 79.9. The topological polar surface area (TPSA) is 64.4 Å². The average molecular weight is 404 g/mol. The zero-order valence-corrected chi connectivity index (χ0v) is 14.5. The van der Waals surface area contributed by atoms with E-state index >= 15 is 0 Å². The van der Waals surface area contributed by atoms with Crippen LogP contribution in [0.25, 0.3) is 10.9 Å². The molecule has 6 nitrogen and oxygen atoms in total. The van der Waals surface area contributed by atoms with Gasteiger partial charge in [0.2, 0.25) is 5.91 Å². The standard InChI is InChI=1S/C15H16BrF2N3O3/c1-24-5-4-20(7-13(17)18)14(22)8-21-9-19-12-3-2-10(16)6-11(12)15(21)23/h2-3,6,9,13H,4-5,7-8H2,1H3. The number of hydrogen-bond donors (Lipinski definition) is 0. The molecule has 1 amide bonds. The number of alkyl halides is 2. The lowest BCUT2D eigenvalue weighted by atomic mass is 10.2. The zero-order valence-electron chi connectivity index (χ0n) is 12.9. The molecule has 0 atom stereocenters. The van der Waals surface area contributed by atoms with E-state index in [0.717, 1.165) is 9.47 Å². The molecule has 0 saturated carbocycles. The summed E-state index contributed by atoms with van der Waals surface area (Å²) in [5, 5.41) is 0.344. The summed E-state index contributed by atoms with van der Waals surface area (Å²) in [6.07, 6.45) is -1.42. The Hall–Kier alpha value is -1.87. The van der Waals surface area contributed by atoms with Crippen molar-refractivity contribution >= 4 is 32.7 Å². The van der Waals surface area contributed by atoms with Crippen LogP contribution in [0.15, 0.2) is 33.8 Å². The Labute approximate surface area is 145 Å². The fourth-order valence-electron chi connectivity index (χ4n) is 2.18. The number of benzene rings is 1. The van der Waals surface area contributed by atoms with E-state index in [1.54, 1.807) is 18.2 Å². The summed E-state index contributed by atoms with van der Waals surface area (Å²) in [6, 6.07) is 5.03. The molecule has 0 aliphatic carbocycles. The second-order valence-electron chi connectivity index (χ2n) is 5.06. The van der Waals surface area contributed by atoms with Crippen LogP contribution < -0.4 is 5.56 Å². The monoisotopic (exact) mass is 403 g/mol. The van der Waals surface area contributed by atoms with Crippen molar-refractivity contribution in [1.82, 2.24) is 14.5 Å². The number of methoxy groups -OCH3 is 1. The van der Waals surface area contributed by atoms with Gasteiger partial charge in [-0.25, -0.2) is 13.8 Å². The molecule has 0 aliphatic heterocycles. The predicted octanol–water partition coefficient (Wildman–Crippen LogP) is 1.90. The van der Waals surface area contributed by atoms with E-state index in [1.807, 2.05) is 0 Å². The minimum absolute atomic E-state index is 0.0288. The molecule has 0 aliphatic rings. The summed E-state index contributed by atoms with van der Waals surface area (Å²) in [7, 11) is 1.42. The van der Waals surface area contributed by atoms with Crippen LogP contribution in [0.2, 0.25) is 0 Å². The molecule has 2 aromatic rings. The lowest BCUT2D eigenvalue weighted by Gasteiger charge is -2.22. The molecule has 0 fully saturated rings. The van der Waals surface area contributed by atoms with Crippen molar-refractivity contribution in [3.63, 3.8) is 0 Å². The Morgan fingerprint density at radius 3 is 2.88 bits per heavy atom. The summed E-state index contributed by atoms with van der Waals surface area (Å²) in [4.78, 5) is 29.8. The fraction of sp³-hybridized carbons (Fsp3) is 0.400. The summed E-state index contributed by atoms with van der Waals surface area (Å²) < 4.78 is 31.9. The lowest BCUT2D eigenvalue weighted by Crippen LogP contribution is -2.41. The van der Waals surface area contributed by atoms with Crippen LogP contribution in [0.4, 0.5) is 8.78 Å². The van der Waals surface area contributed by atoms with Crippen LogP contribution in [0, 0.1) is 0 Å². The Morgan fingerprint density at radius 2 is 2.21 bits per heavy atom. The predicted molar refractivity (Wildman–Crippen MR) is 88.2 cm³/mol. The Balaban J connectivity index is 2.25. The Morgan fingerprint density at radius 1 is 1.46 bits per heavy atom. The van der Waals surface area contributed by atoms with E-state index in [9.17, 15) is 18.4 Å². The first-order valence-electron chi connectivity index (χ1n) is 7.12. The van der Waals surface area contributed by atoms with E-state index in [1.165, 1.54) is 13.4 Å². The summed E-state index contributed by atoms with van der Waals surface area (Å²) in [6.45, 7) is -0.897. The first-order chi connectivity index (χ1) is 11.4. The molecule has 0 spiro atoms. The van der Waals surface area contributed by atoms with Crippen molar-refractivity contribution in [1.29, 1.82) is 0 Å². The van der Waals surface area contributed by atoms with E-state index in [4.69, 9.17) is 4.74 Å². The molecule has 130 valence electrons. The van der Waals surface area contributed by atoms with Gasteiger partial charge in [-0.2, -0.15) is 0 Å². The van der Waals surface area contributed by atoms with Gasteiger partial charge < -0.3 is 9.64 Å². The summed E-state index contributed by atoms with van der Waals surface area (Å²) in [5.74, 6) is -0.592. The summed E-state index contributed by atoms with van der Waals surface area (Å²) in [5.41, 5.74) is 0.0918. The molecule has 0 saturated heterocycles. The number of aromatic nitrogens is 2. The van der Waals surface area contributed by atoms with Crippen molar-refractivity contribution in [2.24, 2.45) is 0 Å². The highest BCUT2D eigenvalue weighted by Crippen LogP contribution is 2.14. The maximum Gasteiger partial charge on any atom is 0.261 e. The van der Waals surface area contributed by atoms with Gasteiger partial charge in [-0.05, 0) is 18.2 Å². The summed E-state index contributed by atoms with van der Waals surface area (Å²) >= 11 is 3.27. The molecule has 24 heavy (non-hydrogen) atoms. The highest BCUT2D eigenvalue weighted by Gasteiger charge is 2.19. The number of nitrogens with zero attached hydrogens (tertiary/aromatic N) is 3. The van der Waals surface area contributed by atoms with Crippen LogP contribution in [-0.4, -0.2) is 53.6 Å². The average Bonchev–Trinajstić information content (AvgIpc) is 2.54. The number of rotatable bonds is 7. The van der Waals surface area contributed by atoms with Gasteiger partial charge in [0.05, 0.1) is 30.4 Å². The number of fused-ring (bicyclic) bond motifs is 1. The lowest BCUT2D eigenvalue weighted by molar-refractivity contribution is -0.134. The normalized spacial score (nSPS) is 11.2. The molecule has 1 aromatic carbocycles. The van der Waals surface area contributed by atoms with Gasteiger partial charge in [0.1, 0.15) is 6.54 Å². The van der Waals surface area contributed by atoms with Gasteiger partial charge >= 0.3 is 0 Å². The fourth-order valence-corrected chi connectivity index (χ4v) is 2.54. The van der Waals surface area contributed by atoms with Crippen LogP contribution >= 0.6 is 15.9 Å². The zero-order chi connectivity index (χ0) is 17.7. The van der Waals surface area contributed by atoms with Gasteiger partial charge in [-0.1, -0.05) is 15.9 Å². The number of carbonyl (C=O) groups excluding carboxylic acids is 1. The molecule has 0 unspecified atom stereocenters. The SMILES string of the molecule is COCCN(CC(F)F)C(=O)Cn1cnc2ccc(Br)cc2c1=O. The van der Waals surface area contributed by atoms with E-state index in [0.29, 0.717) is 15.4 Å². The van der Waals surface area contributed by atoms with Gasteiger partial charge in [0.25, 0.3) is 12.0 Å². The van der Waals surface area contributed by atoms with Crippen molar-refractivity contribution in [2.45, 2.75) is 13.0 Å². The Bertz CT molecular complexity index is 782. The minimum atomic E-state index is -2.66. The molecule has 2 rings (SSSR count). The molecule has 9 heteroatoms. The van der Waals surface area contributed by atoms with Crippen molar-refractivity contribution in [2.75, 3.05) is 26.8 Å². The van der Waals surface area contributed by atoms with Crippen molar-refractivity contribution in [3.05, 3.63) is 39.4 Å². The molecule has 0 radical (unpaired) electrons. The van der Waals surface area contributed by atoms with Crippen LogP contribution in [0.3, 0.4) is 0 Å². The molecule has 0 N–H and O–H groups in total. The Kier molecular flexibility index (Phi) is 6.38. The second kappa shape index (κ2) is 8.29. The number of ether oxygens (including phenoxy) is 1. The number of amides is 1. The third-order valence-electron chi connectivity index (χ3n) is 3.37. The molecule has 1 heterocycles. The first-order valence-corrected chi connectivity index (χ1v) is 7.91. The third kappa shape index (κ3) is 4.57. The quantitative estimate of drug-likeness (QED) is 0.708. The number of carbonyl (C=O) groups is 1.